The third-order valence-electron chi connectivity index (χ3n) is 6.26. The number of aromatic amines is 1. The van der Waals surface area contributed by atoms with Gasteiger partial charge in [-0.15, -0.1) is 10.2 Å². The van der Waals surface area contributed by atoms with E-state index in [0.29, 0.717) is 12.3 Å². The van der Waals surface area contributed by atoms with Crippen LogP contribution >= 0.6 is 0 Å². The van der Waals surface area contributed by atoms with E-state index in [4.69, 9.17) is 4.74 Å². The summed E-state index contributed by atoms with van der Waals surface area (Å²) in [5.74, 6) is 1.37. The summed E-state index contributed by atoms with van der Waals surface area (Å²) >= 11 is 0. The smallest absolute Gasteiger partial charge is 0.220 e. The van der Waals surface area contributed by atoms with E-state index in [2.05, 4.69) is 52.8 Å². The molecule has 1 aromatic heterocycles. The third-order valence-corrected chi connectivity index (χ3v) is 6.26. The highest BCUT2D eigenvalue weighted by molar-refractivity contribution is 5.76. The van der Waals surface area contributed by atoms with Gasteiger partial charge in [-0.3, -0.25) is 4.79 Å². The molecule has 2 N–H and O–H groups in total. The Morgan fingerprint density at radius 3 is 2.81 bits per heavy atom. The molecule has 0 radical (unpaired) electrons. The zero-order valence-corrected chi connectivity index (χ0v) is 16.8. The topological polar surface area (TPSA) is 92.8 Å². The second kappa shape index (κ2) is 8.95. The number of H-pyrrole nitrogens is 1. The first kappa shape index (κ1) is 20.0. The van der Waals surface area contributed by atoms with Gasteiger partial charge in [-0.05, 0) is 63.7 Å². The zero-order chi connectivity index (χ0) is 19.3. The van der Waals surface area contributed by atoms with E-state index in [1.165, 1.54) is 5.57 Å². The molecular formula is C20H33N5O2. The van der Waals surface area contributed by atoms with Crippen LogP contribution in [0, 0.1) is 11.3 Å². The maximum absolute atomic E-state index is 12.8. The molecule has 1 saturated carbocycles. The number of hydrogen-bond donors (Lipinski definition) is 2. The summed E-state index contributed by atoms with van der Waals surface area (Å²) in [4.78, 5) is 12.8. The van der Waals surface area contributed by atoms with Crippen molar-refractivity contribution in [1.29, 1.82) is 0 Å². The van der Waals surface area contributed by atoms with Crippen LogP contribution in [-0.4, -0.2) is 45.8 Å². The molecule has 3 rings (SSSR count). The molecule has 3 unspecified atom stereocenters. The standard InChI is InChI=1S/C20H33N5O2/c1-14(2)5-4-6-15(3)13-17(26)21-18-16(19-22-24-25-23-19)7-8-20(18)9-11-27-12-10-20/h5,15-16,18H,4,6-13H2,1-3H3,(H,21,26)(H,22,23,24,25). The second-order valence-corrected chi connectivity index (χ2v) is 8.60. The fraction of sp³-hybridized carbons (Fsp3) is 0.800. The number of ether oxygens (including phenoxy) is 1. The average molecular weight is 376 g/mol. The molecule has 1 aromatic rings. The molecule has 27 heavy (non-hydrogen) atoms. The molecule has 150 valence electrons. The summed E-state index contributed by atoms with van der Waals surface area (Å²) in [7, 11) is 0. The predicted octanol–water partition coefficient (Wildman–Crippen LogP) is 3.13. The largest absolute Gasteiger partial charge is 0.381 e. The Balaban J connectivity index is 1.64. The van der Waals surface area contributed by atoms with Crippen molar-refractivity contribution < 1.29 is 9.53 Å². The van der Waals surface area contributed by atoms with Gasteiger partial charge in [0.25, 0.3) is 0 Å². The molecule has 2 heterocycles. The second-order valence-electron chi connectivity index (χ2n) is 8.60. The predicted molar refractivity (Wildman–Crippen MR) is 103 cm³/mol. The molecule has 1 saturated heterocycles. The summed E-state index contributed by atoms with van der Waals surface area (Å²) in [5, 5.41) is 18.1. The molecule has 7 heteroatoms. The van der Waals surface area contributed by atoms with E-state index >= 15 is 0 Å². The van der Waals surface area contributed by atoms with Crippen molar-refractivity contribution in [2.45, 2.75) is 77.7 Å². The minimum atomic E-state index is 0.0662. The Labute approximate surface area is 161 Å². The molecule has 0 bridgehead atoms. The molecule has 1 amide bonds. The number of carbonyl (C=O) groups is 1. The Bertz CT molecular complexity index is 633. The van der Waals surface area contributed by atoms with Gasteiger partial charge in [0.2, 0.25) is 5.91 Å². The highest BCUT2D eigenvalue weighted by atomic mass is 16.5. The van der Waals surface area contributed by atoms with Crippen molar-refractivity contribution >= 4 is 5.91 Å². The lowest BCUT2D eigenvalue weighted by molar-refractivity contribution is -0.124. The van der Waals surface area contributed by atoms with E-state index in [0.717, 1.165) is 57.6 Å². The first-order chi connectivity index (χ1) is 13.0. The molecule has 0 aromatic carbocycles. The minimum Gasteiger partial charge on any atom is -0.381 e. The fourth-order valence-corrected chi connectivity index (χ4v) is 4.70. The molecule has 3 atom stereocenters. The molecule has 1 aliphatic carbocycles. The quantitative estimate of drug-likeness (QED) is 0.714. The van der Waals surface area contributed by atoms with Crippen LogP contribution in [0.25, 0.3) is 0 Å². The lowest BCUT2D eigenvalue weighted by Gasteiger charge is -2.40. The van der Waals surface area contributed by atoms with Crippen molar-refractivity contribution in [3.8, 4) is 0 Å². The lowest BCUT2D eigenvalue weighted by Crippen LogP contribution is -2.49. The van der Waals surface area contributed by atoms with Crippen molar-refractivity contribution in [1.82, 2.24) is 25.9 Å². The highest BCUT2D eigenvalue weighted by Crippen LogP contribution is 2.51. The zero-order valence-electron chi connectivity index (χ0n) is 16.8. The molecule has 2 aliphatic rings. The fourth-order valence-electron chi connectivity index (χ4n) is 4.70. The number of hydrogen-bond acceptors (Lipinski definition) is 5. The third kappa shape index (κ3) is 4.94. The number of rotatable bonds is 7. The maximum atomic E-state index is 12.8. The summed E-state index contributed by atoms with van der Waals surface area (Å²) < 4.78 is 5.60. The van der Waals surface area contributed by atoms with Crippen LogP contribution in [0.2, 0.25) is 0 Å². The summed E-state index contributed by atoms with van der Waals surface area (Å²) in [6, 6.07) is 0.0662. The number of carbonyl (C=O) groups excluding carboxylic acids is 1. The van der Waals surface area contributed by atoms with Crippen LogP contribution in [0.3, 0.4) is 0 Å². The Hall–Kier alpha value is -1.76. The lowest BCUT2D eigenvalue weighted by atomic mass is 9.74. The number of nitrogens with one attached hydrogen (secondary N) is 2. The molecule has 7 nitrogen and oxygen atoms in total. The van der Waals surface area contributed by atoms with E-state index < -0.39 is 0 Å². The van der Waals surface area contributed by atoms with Gasteiger partial charge in [-0.25, -0.2) is 0 Å². The van der Waals surface area contributed by atoms with Gasteiger partial charge in [0.1, 0.15) is 0 Å². The molecule has 2 fully saturated rings. The van der Waals surface area contributed by atoms with E-state index in [-0.39, 0.29) is 23.3 Å². The van der Waals surface area contributed by atoms with Crippen molar-refractivity contribution in [2.75, 3.05) is 13.2 Å². The summed E-state index contributed by atoms with van der Waals surface area (Å²) in [6.45, 7) is 7.93. The summed E-state index contributed by atoms with van der Waals surface area (Å²) in [6.07, 6.45) is 8.93. The first-order valence-corrected chi connectivity index (χ1v) is 10.2. The Morgan fingerprint density at radius 2 is 2.15 bits per heavy atom. The van der Waals surface area contributed by atoms with Crippen LogP contribution in [0.4, 0.5) is 0 Å². The van der Waals surface area contributed by atoms with Gasteiger partial charge in [-0.1, -0.05) is 23.8 Å². The average Bonchev–Trinajstić information content (AvgIpc) is 3.25. The first-order valence-electron chi connectivity index (χ1n) is 10.2. The number of nitrogens with zero attached hydrogens (tertiary/aromatic N) is 3. The van der Waals surface area contributed by atoms with Crippen molar-refractivity contribution in [3.05, 3.63) is 17.5 Å². The number of aromatic nitrogens is 4. The number of amides is 1. The monoisotopic (exact) mass is 375 g/mol. The highest BCUT2D eigenvalue weighted by Gasteiger charge is 2.51. The number of allylic oxidation sites excluding steroid dienone is 2. The van der Waals surface area contributed by atoms with Gasteiger partial charge >= 0.3 is 0 Å². The van der Waals surface area contributed by atoms with Crippen LogP contribution in [0.15, 0.2) is 11.6 Å². The van der Waals surface area contributed by atoms with Gasteiger partial charge in [-0.2, -0.15) is 5.21 Å². The van der Waals surface area contributed by atoms with Crippen molar-refractivity contribution in [2.24, 2.45) is 11.3 Å². The summed E-state index contributed by atoms with van der Waals surface area (Å²) in [5.41, 5.74) is 1.44. The van der Waals surface area contributed by atoms with Crippen LogP contribution in [0.1, 0.15) is 77.5 Å². The molecule has 1 spiro atoms. The van der Waals surface area contributed by atoms with Crippen molar-refractivity contribution in [3.63, 3.8) is 0 Å². The van der Waals surface area contributed by atoms with Crippen LogP contribution in [-0.2, 0) is 9.53 Å². The van der Waals surface area contributed by atoms with Crippen LogP contribution < -0.4 is 5.32 Å². The Morgan fingerprint density at radius 1 is 1.37 bits per heavy atom. The van der Waals surface area contributed by atoms with Gasteiger partial charge < -0.3 is 10.1 Å². The number of tetrazole rings is 1. The van der Waals surface area contributed by atoms with Gasteiger partial charge in [0.05, 0.1) is 0 Å². The van der Waals surface area contributed by atoms with E-state index in [1.54, 1.807) is 0 Å². The van der Waals surface area contributed by atoms with Gasteiger partial charge in [0.15, 0.2) is 5.82 Å². The maximum Gasteiger partial charge on any atom is 0.220 e. The normalized spacial score (nSPS) is 25.3. The SMILES string of the molecule is CC(C)=CCCC(C)CC(=O)NC1C(c2nn[nH]n2)CCC12CCOCC2. The van der Waals surface area contributed by atoms with Gasteiger partial charge in [0, 0.05) is 31.6 Å². The Kier molecular flexibility index (Phi) is 6.63. The minimum absolute atomic E-state index is 0.0662. The van der Waals surface area contributed by atoms with E-state index in [1.807, 2.05) is 0 Å². The molecular weight excluding hydrogens is 342 g/mol. The van der Waals surface area contributed by atoms with Crippen LogP contribution in [0.5, 0.6) is 0 Å². The van der Waals surface area contributed by atoms with E-state index in [9.17, 15) is 4.79 Å². The molecule has 1 aliphatic heterocycles.